The summed E-state index contributed by atoms with van der Waals surface area (Å²) in [7, 11) is 1.50. The van der Waals surface area contributed by atoms with Crippen molar-refractivity contribution in [1.82, 2.24) is 20.1 Å². The van der Waals surface area contributed by atoms with Gasteiger partial charge in [0.05, 0.1) is 24.3 Å². The first-order valence-corrected chi connectivity index (χ1v) is 12.5. The highest BCUT2D eigenvalue weighted by Gasteiger charge is 2.39. The zero-order valence-electron chi connectivity index (χ0n) is 21.9. The molecule has 1 aromatic heterocycles. The van der Waals surface area contributed by atoms with Crippen LogP contribution in [0.2, 0.25) is 0 Å². The smallest absolute Gasteiger partial charge is 0.383 e. The number of nitrogens with one attached hydrogen (secondary N) is 2. The third kappa shape index (κ3) is 7.92. The topological polar surface area (TPSA) is 77.7 Å². The average Bonchev–Trinajstić information content (AvgIpc) is 3.30. The first-order valence-electron chi connectivity index (χ1n) is 12.5. The molecule has 0 bridgehead atoms. The van der Waals surface area contributed by atoms with Gasteiger partial charge in [0.15, 0.2) is 0 Å². The Balaban J connectivity index is 0.00000462. The zero-order chi connectivity index (χ0) is 29.1. The lowest BCUT2D eigenvalue weighted by Gasteiger charge is -2.41. The Labute approximate surface area is 238 Å². The van der Waals surface area contributed by atoms with Crippen LogP contribution in [0, 0.1) is 0 Å². The molecule has 1 fully saturated rings. The molecule has 2 N–H and O–H groups in total. The summed E-state index contributed by atoms with van der Waals surface area (Å²) in [4.78, 5) is 32.2. The van der Waals surface area contributed by atoms with Gasteiger partial charge in [0, 0.05) is 62.0 Å². The molecule has 3 aromatic rings. The summed E-state index contributed by atoms with van der Waals surface area (Å²) in [6.07, 6.45) is -8.12. The van der Waals surface area contributed by atoms with Gasteiger partial charge in [-0.2, -0.15) is 26.3 Å². The van der Waals surface area contributed by atoms with Crippen LogP contribution in [0.1, 0.15) is 27.0 Å². The van der Waals surface area contributed by atoms with Gasteiger partial charge in [0.1, 0.15) is 0 Å². The van der Waals surface area contributed by atoms with Gasteiger partial charge in [0.2, 0.25) is 5.91 Å². The minimum Gasteiger partial charge on any atom is -0.383 e. The molecule has 14 heteroatoms. The number of aromatic nitrogens is 1. The standard InChI is InChI=1S/C27H28F6N4O3.ClH/c1-40-9-6-34-24(38)16-36-7-8-37(21(15-36)12-18-14-35-23-5-3-2-4-22(18)23)25(39)17-10-19(26(28,29)30)13-20(11-17)27(31,32)33;/h2-5,10-11,13-14,21,35H,6-9,12,15-16H2,1H3,(H,34,38);1H/t21-;/m1./s1. The van der Waals surface area contributed by atoms with Crippen LogP contribution < -0.4 is 5.32 Å². The van der Waals surface area contributed by atoms with Gasteiger partial charge in [-0.1, -0.05) is 18.2 Å². The fraction of sp³-hybridized carbons (Fsp3) is 0.407. The third-order valence-corrected chi connectivity index (χ3v) is 6.79. The van der Waals surface area contributed by atoms with Gasteiger partial charge >= 0.3 is 12.4 Å². The summed E-state index contributed by atoms with van der Waals surface area (Å²) in [5, 5.41) is 3.59. The maximum absolute atomic E-state index is 13.5. The van der Waals surface area contributed by atoms with E-state index in [0.29, 0.717) is 25.3 Å². The van der Waals surface area contributed by atoms with Crippen molar-refractivity contribution in [2.75, 3.05) is 46.4 Å². The number of para-hydroxylation sites is 1. The van der Waals surface area contributed by atoms with Crippen molar-refractivity contribution >= 4 is 35.1 Å². The Hall–Kier alpha value is -3.29. The van der Waals surface area contributed by atoms with E-state index in [1.54, 1.807) is 11.1 Å². The van der Waals surface area contributed by atoms with Gasteiger partial charge < -0.3 is 19.9 Å². The highest BCUT2D eigenvalue weighted by Crippen LogP contribution is 2.37. The molecule has 0 spiro atoms. The molecule has 2 heterocycles. The Morgan fingerprint density at radius 2 is 1.68 bits per heavy atom. The normalized spacial score (nSPS) is 16.5. The molecular formula is C27H29ClF6N4O3. The molecule has 224 valence electrons. The van der Waals surface area contributed by atoms with Crippen LogP contribution in [0.5, 0.6) is 0 Å². The van der Waals surface area contributed by atoms with Crippen molar-refractivity contribution in [2.24, 2.45) is 0 Å². The maximum Gasteiger partial charge on any atom is 0.416 e. The van der Waals surface area contributed by atoms with E-state index in [1.165, 1.54) is 12.0 Å². The fourth-order valence-corrected chi connectivity index (χ4v) is 4.86. The monoisotopic (exact) mass is 606 g/mol. The Morgan fingerprint density at radius 3 is 2.32 bits per heavy atom. The molecule has 0 radical (unpaired) electrons. The summed E-state index contributed by atoms with van der Waals surface area (Å²) >= 11 is 0. The van der Waals surface area contributed by atoms with E-state index in [0.717, 1.165) is 16.5 Å². The lowest BCUT2D eigenvalue weighted by atomic mass is 9.98. The molecule has 1 saturated heterocycles. The van der Waals surface area contributed by atoms with Crippen LogP contribution in [0.4, 0.5) is 26.3 Å². The maximum atomic E-state index is 13.5. The molecule has 0 unspecified atom stereocenters. The van der Waals surface area contributed by atoms with Gasteiger partial charge in [-0.25, -0.2) is 0 Å². The molecule has 0 saturated carbocycles. The minimum absolute atomic E-state index is 0. The molecule has 2 aromatic carbocycles. The molecule has 0 aliphatic carbocycles. The number of carbonyl (C=O) groups excluding carboxylic acids is 2. The van der Waals surface area contributed by atoms with E-state index in [2.05, 4.69) is 10.3 Å². The van der Waals surface area contributed by atoms with Crippen molar-refractivity contribution in [2.45, 2.75) is 24.8 Å². The summed E-state index contributed by atoms with van der Waals surface area (Å²) in [6.45, 7) is 1.05. The first-order chi connectivity index (χ1) is 18.9. The Bertz CT molecular complexity index is 1330. The average molecular weight is 607 g/mol. The quantitative estimate of drug-likeness (QED) is 0.286. The molecule has 4 rings (SSSR count). The van der Waals surface area contributed by atoms with Gasteiger partial charge in [-0.3, -0.25) is 14.5 Å². The lowest BCUT2D eigenvalue weighted by Crippen LogP contribution is -2.57. The zero-order valence-corrected chi connectivity index (χ0v) is 22.8. The van der Waals surface area contributed by atoms with Crippen molar-refractivity contribution in [1.29, 1.82) is 0 Å². The van der Waals surface area contributed by atoms with E-state index >= 15 is 0 Å². The molecule has 1 atom stereocenters. The van der Waals surface area contributed by atoms with E-state index < -0.39 is 41.0 Å². The molecule has 1 aliphatic heterocycles. The van der Waals surface area contributed by atoms with Gasteiger partial charge in [-0.05, 0) is 36.2 Å². The van der Waals surface area contributed by atoms with E-state index in [-0.39, 0.29) is 57.0 Å². The Morgan fingerprint density at radius 1 is 1.02 bits per heavy atom. The van der Waals surface area contributed by atoms with Crippen molar-refractivity contribution in [3.63, 3.8) is 0 Å². The van der Waals surface area contributed by atoms with E-state index in [9.17, 15) is 35.9 Å². The largest absolute Gasteiger partial charge is 0.416 e. The van der Waals surface area contributed by atoms with Crippen LogP contribution in [0.3, 0.4) is 0 Å². The summed E-state index contributed by atoms with van der Waals surface area (Å²) in [5.74, 6) is -1.21. The second kappa shape index (κ2) is 13.1. The number of hydrogen-bond acceptors (Lipinski definition) is 4. The Kier molecular flexibility index (Phi) is 10.3. The number of rotatable bonds is 8. The number of halogens is 7. The number of methoxy groups -OCH3 is 1. The minimum atomic E-state index is -5.07. The number of H-pyrrole nitrogens is 1. The van der Waals surface area contributed by atoms with E-state index in [1.807, 2.05) is 24.3 Å². The van der Waals surface area contributed by atoms with Crippen LogP contribution in [-0.4, -0.2) is 79.1 Å². The number of benzene rings is 2. The summed E-state index contributed by atoms with van der Waals surface area (Å²) < 4.78 is 85.6. The molecule has 2 amide bonds. The van der Waals surface area contributed by atoms with Crippen LogP contribution in [-0.2, 0) is 28.3 Å². The molecule has 7 nitrogen and oxygen atoms in total. The SMILES string of the molecule is COCCNC(=O)CN1CCN(C(=O)c2cc(C(F)(F)F)cc(C(F)(F)F)c2)[C@H](Cc2c[nH]c3ccccc23)C1.Cl. The van der Waals surface area contributed by atoms with Crippen molar-refractivity contribution in [3.8, 4) is 0 Å². The highest BCUT2D eigenvalue weighted by atomic mass is 35.5. The van der Waals surface area contributed by atoms with Crippen molar-refractivity contribution < 1.29 is 40.7 Å². The number of piperazine rings is 1. The number of fused-ring (bicyclic) bond motifs is 1. The third-order valence-electron chi connectivity index (χ3n) is 6.79. The van der Waals surface area contributed by atoms with Gasteiger partial charge in [0.25, 0.3) is 5.91 Å². The highest BCUT2D eigenvalue weighted by molar-refractivity contribution is 5.95. The van der Waals surface area contributed by atoms with Crippen LogP contribution >= 0.6 is 12.4 Å². The van der Waals surface area contributed by atoms with Crippen molar-refractivity contribution in [3.05, 3.63) is 70.9 Å². The molecule has 1 aliphatic rings. The van der Waals surface area contributed by atoms with E-state index in [4.69, 9.17) is 4.74 Å². The summed E-state index contributed by atoms with van der Waals surface area (Å²) in [5.41, 5.74) is -2.13. The van der Waals surface area contributed by atoms with Gasteiger partial charge in [-0.15, -0.1) is 12.4 Å². The molecule has 41 heavy (non-hydrogen) atoms. The molecular weight excluding hydrogens is 578 g/mol. The number of alkyl halides is 6. The first kappa shape index (κ1) is 32.2. The number of hydrogen-bond donors (Lipinski definition) is 2. The second-order valence-electron chi connectivity index (χ2n) is 9.59. The van der Waals surface area contributed by atoms with Crippen LogP contribution in [0.15, 0.2) is 48.7 Å². The number of aromatic amines is 1. The lowest BCUT2D eigenvalue weighted by molar-refractivity contribution is -0.143. The number of carbonyl (C=O) groups is 2. The second-order valence-corrected chi connectivity index (χ2v) is 9.59. The summed E-state index contributed by atoms with van der Waals surface area (Å²) in [6, 6.07) is 7.69. The number of ether oxygens (including phenoxy) is 1. The predicted molar refractivity (Wildman–Crippen MR) is 142 cm³/mol. The van der Waals surface area contributed by atoms with Crippen LogP contribution in [0.25, 0.3) is 10.9 Å². The number of amides is 2. The predicted octanol–water partition coefficient (Wildman–Crippen LogP) is 4.76. The number of nitrogens with zero attached hydrogens (tertiary/aromatic N) is 2. The fourth-order valence-electron chi connectivity index (χ4n) is 4.86.